The number of hydrogen-bond donors (Lipinski definition) is 0. The largest absolute Gasteiger partial charge is 0.349 e. The summed E-state index contributed by atoms with van der Waals surface area (Å²) in [4.78, 5) is 0. The van der Waals surface area contributed by atoms with Crippen LogP contribution in [0.5, 0.6) is 0 Å². The first-order chi connectivity index (χ1) is 13.3. The van der Waals surface area contributed by atoms with Gasteiger partial charge in [0.25, 0.3) is 0 Å². The Bertz CT molecular complexity index is 408. The molecule has 156 valence electrons. The minimum absolute atomic E-state index is 0.0887. The molecule has 0 unspecified atom stereocenters. The lowest BCUT2D eigenvalue weighted by Gasteiger charge is -2.37. The van der Waals surface area contributed by atoms with E-state index in [9.17, 15) is 0 Å². The van der Waals surface area contributed by atoms with Gasteiger partial charge in [-0.15, -0.1) is 0 Å². The molecule has 0 bridgehead atoms. The topological polar surface area (TPSA) is 18.5 Å². The summed E-state index contributed by atoms with van der Waals surface area (Å²) in [6.45, 7) is 6.31. The van der Waals surface area contributed by atoms with Gasteiger partial charge in [0, 0.05) is 5.92 Å². The van der Waals surface area contributed by atoms with Crippen molar-refractivity contribution in [3.63, 3.8) is 0 Å². The Morgan fingerprint density at radius 3 is 1.89 bits per heavy atom. The van der Waals surface area contributed by atoms with Crippen LogP contribution in [-0.4, -0.2) is 19.5 Å². The third kappa shape index (κ3) is 6.89. The fourth-order valence-electron chi connectivity index (χ4n) is 5.74. The van der Waals surface area contributed by atoms with Crippen molar-refractivity contribution in [2.45, 2.75) is 104 Å². The zero-order valence-corrected chi connectivity index (χ0v) is 18.0. The van der Waals surface area contributed by atoms with E-state index in [1.807, 2.05) is 0 Å². The lowest BCUT2D eigenvalue weighted by molar-refractivity contribution is -0.175. The summed E-state index contributed by atoms with van der Waals surface area (Å²) >= 11 is 0. The Morgan fingerprint density at radius 1 is 0.667 bits per heavy atom. The third-order valence-electron chi connectivity index (χ3n) is 7.57. The van der Waals surface area contributed by atoms with E-state index in [0.29, 0.717) is 5.92 Å². The second-order valence-electron chi connectivity index (χ2n) is 9.67. The number of hydrogen-bond acceptors (Lipinski definition) is 2. The quantitative estimate of drug-likeness (QED) is 0.419. The monoisotopic (exact) mass is 376 g/mol. The molecular weight excluding hydrogens is 332 g/mol. The number of ether oxygens (including phenoxy) is 2. The molecule has 0 N–H and O–H groups in total. The van der Waals surface area contributed by atoms with Crippen molar-refractivity contribution in [1.82, 2.24) is 0 Å². The molecule has 3 rings (SSSR count). The van der Waals surface area contributed by atoms with Gasteiger partial charge < -0.3 is 9.47 Å². The van der Waals surface area contributed by atoms with Gasteiger partial charge >= 0.3 is 0 Å². The smallest absolute Gasteiger partial charge is 0.176 e. The Hall–Kier alpha value is -0.340. The predicted octanol–water partition coefficient (Wildman–Crippen LogP) is 7.13. The summed E-state index contributed by atoms with van der Waals surface area (Å²) in [5, 5.41) is 0. The second kappa shape index (κ2) is 11.6. The number of rotatable bonds is 8. The highest BCUT2D eigenvalue weighted by molar-refractivity contribution is 4.95. The first kappa shape index (κ1) is 21.4. The van der Waals surface area contributed by atoms with Crippen LogP contribution >= 0.6 is 0 Å². The summed E-state index contributed by atoms with van der Waals surface area (Å²) in [5.41, 5.74) is 0. The molecule has 27 heavy (non-hydrogen) atoms. The maximum atomic E-state index is 5.88. The van der Waals surface area contributed by atoms with Crippen molar-refractivity contribution in [3.8, 4) is 0 Å². The molecule has 0 atom stereocenters. The van der Waals surface area contributed by atoms with Crippen molar-refractivity contribution < 1.29 is 9.47 Å². The van der Waals surface area contributed by atoms with Crippen molar-refractivity contribution in [2.75, 3.05) is 13.2 Å². The van der Waals surface area contributed by atoms with Crippen molar-refractivity contribution in [2.24, 2.45) is 29.6 Å². The molecule has 3 aliphatic rings. The molecule has 0 aromatic rings. The highest BCUT2D eigenvalue weighted by Gasteiger charge is 2.30. The van der Waals surface area contributed by atoms with Gasteiger partial charge in [-0.2, -0.15) is 0 Å². The molecule has 2 nitrogen and oxygen atoms in total. The van der Waals surface area contributed by atoms with Crippen molar-refractivity contribution in [1.29, 1.82) is 0 Å². The van der Waals surface area contributed by atoms with Gasteiger partial charge in [0.15, 0.2) is 6.29 Å². The van der Waals surface area contributed by atoms with Gasteiger partial charge in [-0.3, -0.25) is 0 Å². The Balaban J connectivity index is 1.31. The van der Waals surface area contributed by atoms with E-state index in [1.54, 1.807) is 0 Å². The summed E-state index contributed by atoms with van der Waals surface area (Å²) < 4.78 is 11.8. The van der Waals surface area contributed by atoms with E-state index >= 15 is 0 Å². The summed E-state index contributed by atoms with van der Waals surface area (Å²) in [5.74, 6) is 4.45. The van der Waals surface area contributed by atoms with E-state index in [4.69, 9.17) is 9.47 Å². The van der Waals surface area contributed by atoms with Crippen LogP contribution in [0.4, 0.5) is 0 Å². The van der Waals surface area contributed by atoms with Gasteiger partial charge in [0.05, 0.1) is 13.2 Å². The van der Waals surface area contributed by atoms with E-state index < -0.39 is 0 Å². The molecule has 2 heteroatoms. The molecule has 1 saturated heterocycles. The van der Waals surface area contributed by atoms with Gasteiger partial charge in [0.1, 0.15) is 0 Å². The fraction of sp³-hybridized carbons (Fsp3) is 0.920. The Labute approximate surface area is 168 Å². The molecular formula is C25H44O2. The molecule has 0 amide bonds. The first-order valence-electron chi connectivity index (χ1n) is 12.2. The van der Waals surface area contributed by atoms with Gasteiger partial charge in [-0.05, 0) is 74.7 Å². The summed E-state index contributed by atoms with van der Waals surface area (Å²) in [7, 11) is 0. The zero-order chi connectivity index (χ0) is 18.9. The van der Waals surface area contributed by atoms with Crippen LogP contribution in [0.2, 0.25) is 0 Å². The maximum absolute atomic E-state index is 5.88. The number of unbranched alkanes of at least 4 members (excludes halogenated alkanes) is 1. The molecule has 0 aromatic heterocycles. The molecule has 1 aliphatic heterocycles. The first-order valence-corrected chi connectivity index (χ1v) is 12.2. The highest BCUT2D eigenvalue weighted by Crippen LogP contribution is 2.42. The van der Waals surface area contributed by atoms with Crippen LogP contribution in [0.3, 0.4) is 0 Å². The average molecular weight is 377 g/mol. The van der Waals surface area contributed by atoms with Crippen molar-refractivity contribution in [3.05, 3.63) is 12.2 Å². The molecule has 2 aliphatic carbocycles. The lowest BCUT2D eigenvalue weighted by atomic mass is 9.68. The van der Waals surface area contributed by atoms with Gasteiger partial charge in [-0.1, -0.05) is 58.4 Å². The predicted molar refractivity (Wildman–Crippen MR) is 114 cm³/mol. The standard InChI is InChI=1S/C25H44O2/c1-3-5-7-20-8-13-23(14-9-20)24-15-10-21(11-16-24)12-17-25-26-18-22(6-4-2)19-27-25/h12,17,20-25H,3-11,13-16,18-19H2,1-2H3/b17-12+. The minimum atomic E-state index is -0.0887. The highest BCUT2D eigenvalue weighted by atomic mass is 16.7. The van der Waals surface area contributed by atoms with E-state index in [2.05, 4.69) is 26.0 Å². The molecule has 0 aromatic carbocycles. The summed E-state index contributed by atoms with van der Waals surface area (Å²) in [6.07, 6.45) is 23.0. The maximum Gasteiger partial charge on any atom is 0.176 e. The molecule has 0 spiro atoms. The Morgan fingerprint density at radius 2 is 1.30 bits per heavy atom. The summed E-state index contributed by atoms with van der Waals surface area (Å²) in [6, 6.07) is 0. The molecule has 3 fully saturated rings. The van der Waals surface area contributed by atoms with Crippen LogP contribution < -0.4 is 0 Å². The zero-order valence-electron chi connectivity index (χ0n) is 18.0. The van der Waals surface area contributed by atoms with E-state index in [0.717, 1.165) is 36.9 Å². The van der Waals surface area contributed by atoms with Crippen LogP contribution in [0, 0.1) is 29.6 Å². The van der Waals surface area contributed by atoms with Crippen LogP contribution in [0.15, 0.2) is 12.2 Å². The SMILES string of the molecule is CCCCC1CCC(C2CCC(/C=C/C3OCC(CCC)CO3)CC2)CC1. The van der Waals surface area contributed by atoms with Crippen LogP contribution in [0.1, 0.15) is 97.3 Å². The Kier molecular flexibility index (Phi) is 9.19. The normalized spacial score (nSPS) is 38.3. The van der Waals surface area contributed by atoms with Gasteiger partial charge in [0.2, 0.25) is 0 Å². The van der Waals surface area contributed by atoms with Crippen molar-refractivity contribution >= 4 is 0 Å². The average Bonchev–Trinajstić information content (AvgIpc) is 2.73. The van der Waals surface area contributed by atoms with Crippen LogP contribution in [-0.2, 0) is 9.47 Å². The molecule has 1 heterocycles. The van der Waals surface area contributed by atoms with Gasteiger partial charge in [-0.25, -0.2) is 0 Å². The number of allylic oxidation sites excluding steroid dienone is 1. The molecule has 2 saturated carbocycles. The fourth-order valence-corrected chi connectivity index (χ4v) is 5.74. The van der Waals surface area contributed by atoms with Crippen LogP contribution in [0.25, 0.3) is 0 Å². The van der Waals surface area contributed by atoms with E-state index in [-0.39, 0.29) is 6.29 Å². The minimum Gasteiger partial charge on any atom is -0.349 e. The molecule has 0 radical (unpaired) electrons. The lowest BCUT2D eigenvalue weighted by Crippen LogP contribution is -2.31. The van der Waals surface area contributed by atoms with E-state index in [1.165, 1.54) is 83.5 Å². The third-order valence-corrected chi connectivity index (χ3v) is 7.57. The second-order valence-corrected chi connectivity index (χ2v) is 9.67.